The first-order chi connectivity index (χ1) is 17.5. The molecule has 3 aromatic carbocycles. The fourth-order valence-electron chi connectivity index (χ4n) is 3.92. The lowest BCUT2D eigenvalue weighted by Crippen LogP contribution is -2.23. The molecule has 192 valence electrons. The Morgan fingerprint density at radius 3 is 2.38 bits per heavy atom. The van der Waals surface area contributed by atoms with Crippen molar-refractivity contribution in [2.45, 2.75) is 30.2 Å². The van der Waals surface area contributed by atoms with Gasteiger partial charge in [-0.1, -0.05) is 54.9 Å². The molecule has 0 bridgehead atoms. The number of benzene rings is 3. The summed E-state index contributed by atoms with van der Waals surface area (Å²) in [5.41, 5.74) is 1.69. The first-order valence-electron chi connectivity index (χ1n) is 11.0. The summed E-state index contributed by atoms with van der Waals surface area (Å²) in [6.45, 7) is 4.02. The van der Waals surface area contributed by atoms with Gasteiger partial charge in [0.15, 0.2) is 5.16 Å². The number of carboxylic acids is 1. The Morgan fingerprint density at radius 1 is 1.08 bits per heavy atom. The van der Waals surface area contributed by atoms with Gasteiger partial charge in [-0.3, -0.25) is 4.57 Å². The molecule has 10 heteroatoms. The number of nitrogens with zero attached hydrogens (tertiary/aromatic N) is 2. The molecule has 37 heavy (non-hydrogen) atoms. The molecule has 5 nitrogen and oxygen atoms in total. The minimum absolute atomic E-state index is 0.0122. The van der Waals surface area contributed by atoms with E-state index in [9.17, 15) is 13.6 Å². The van der Waals surface area contributed by atoms with Crippen molar-refractivity contribution in [3.63, 3.8) is 0 Å². The Labute approximate surface area is 227 Å². The van der Waals surface area contributed by atoms with Gasteiger partial charge in [-0.05, 0) is 54.1 Å². The van der Waals surface area contributed by atoms with Crippen LogP contribution in [0.3, 0.4) is 0 Å². The average molecular weight is 563 g/mol. The maximum Gasteiger partial charge on any atom is 0.335 e. The lowest BCUT2D eigenvalue weighted by atomic mass is 9.81. The van der Waals surface area contributed by atoms with Crippen LogP contribution in [0.2, 0.25) is 10.0 Å². The first-order valence-corrected chi connectivity index (χ1v) is 12.8. The Bertz CT molecular complexity index is 1450. The van der Waals surface area contributed by atoms with Gasteiger partial charge in [-0.25, -0.2) is 18.6 Å². The monoisotopic (exact) mass is 562 g/mol. The predicted molar refractivity (Wildman–Crippen MR) is 142 cm³/mol. The van der Waals surface area contributed by atoms with Crippen LogP contribution in [-0.2, 0) is 11.2 Å². The maximum absolute atomic E-state index is 14.7. The number of hydrogen-bond donors (Lipinski definition) is 1. The molecular formula is C27H22Cl2F2N2O3S. The zero-order valence-corrected chi connectivity index (χ0v) is 22.4. The van der Waals surface area contributed by atoms with Crippen LogP contribution in [-0.4, -0.2) is 27.7 Å². The number of imidazole rings is 1. The summed E-state index contributed by atoms with van der Waals surface area (Å²) >= 11 is 13.8. The highest BCUT2D eigenvalue weighted by molar-refractivity contribution is 7.98. The highest BCUT2D eigenvalue weighted by Crippen LogP contribution is 2.39. The van der Waals surface area contributed by atoms with Crippen LogP contribution >= 0.6 is 35.0 Å². The number of rotatable bonds is 8. The van der Waals surface area contributed by atoms with E-state index in [1.165, 1.54) is 30.0 Å². The van der Waals surface area contributed by atoms with E-state index in [1.807, 2.05) is 30.5 Å². The van der Waals surface area contributed by atoms with E-state index in [1.54, 1.807) is 31.5 Å². The minimum atomic E-state index is -1.27. The fraction of sp³-hybridized carbons (Fsp3) is 0.185. The summed E-state index contributed by atoms with van der Waals surface area (Å²) in [7, 11) is 1.55. The largest absolute Gasteiger partial charge is 0.495 e. The molecule has 0 amide bonds. The molecule has 0 aliphatic carbocycles. The van der Waals surface area contributed by atoms with E-state index in [4.69, 9.17) is 33.0 Å². The third kappa shape index (κ3) is 5.46. The van der Waals surface area contributed by atoms with Crippen LogP contribution in [0.25, 0.3) is 5.69 Å². The van der Waals surface area contributed by atoms with E-state index in [0.29, 0.717) is 21.6 Å². The summed E-state index contributed by atoms with van der Waals surface area (Å²) in [6, 6.07) is 13.7. The molecule has 0 radical (unpaired) electrons. The highest BCUT2D eigenvalue weighted by Gasteiger charge is 2.30. The molecule has 0 aliphatic heterocycles. The van der Waals surface area contributed by atoms with Crippen molar-refractivity contribution >= 4 is 40.9 Å². The van der Waals surface area contributed by atoms with Crippen LogP contribution in [0.5, 0.6) is 5.75 Å². The van der Waals surface area contributed by atoms with Gasteiger partial charge in [-0.2, -0.15) is 0 Å². The number of carbonyl (C=O) groups is 1. The number of ether oxygens (including phenoxy) is 1. The number of carboxylic acid groups (broad SMARTS) is 1. The lowest BCUT2D eigenvalue weighted by molar-refractivity contribution is 0.0696. The van der Waals surface area contributed by atoms with E-state index >= 15 is 0 Å². The molecular weight excluding hydrogens is 541 g/mol. The van der Waals surface area contributed by atoms with Crippen LogP contribution in [0, 0.1) is 11.6 Å². The fourth-order valence-corrected chi connectivity index (χ4v) is 5.56. The SMILES string of the molecule is COc1ccc(C(C)(C)c2cnc(SCc3c(F)cc(C(=O)O)cc3Cl)n2-c2ccc(F)cc2)cc1Cl. The zero-order chi connectivity index (χ0) is 26.9. The molecule has 0 saturated carbocycles. The summed E-state index contributed by atoms with van der Waals surface area (Å²) in [5, 5.41) is 10.1. The Kier molecular flexibility index (Phi) is 7.83. The Balaban J connectivity index is 1.77. The molecule has 1 aromatic heterocycles. The molecule has 0 unspecified atom stereocenters. The molecule has 0 saturated heterocycles. The number of hydrogen-bond acceptors (Lipinski definition) is 4. The second-order valence-corrected chi connectivity index (χ2v) is 10.5. The molecule has 0 atom stereocenters. The molecule has 1 N–H and O–H groups in total. The van der Waals surface area contributed by atoms with Crippen LogP contribution in [0.4, 0.5) is 8.78 Å². The molecule has 4 rings (SSSR count). The second-order valence-electron chi connectivity index (χ2n) is 8.72. The quantitative estimate of drug-likeness (QED) is 0.222. The van der Waals surface area contributed by atoms with Crippen molar-refractivity contribution in [3.8, 4) is 11.4 Å². The Hall–Kier alpha value is -3.07. The van der Waals surface area contributed by atoms with Gasteiger partial charge in [0, 0.05) is 27.4 Å². The smallest absolute Gasteiger partial charge is 0.335 e. The van der Waals surface area contributed by atoms with Crippen molar-refractivity contribution in [1.29, 1.82) is 0 Å². The molecule has 4 aromatic rings. The van der Waals surface area contributed by atoms with Gasteiger partial charge in [0.1, 0.15) is 17.4 Å². The molecule has 0 spiro atoms. The van der Waals surface area contributed by atoms with Crippen LogP contribution in [0.1, 0.15) is 41.0 Å². The topological polar surface area (TPSA) is 64.3 Å². The van der Waals surface area contributed by atoms with Gasteiger partial charge in [-0.15, -0.1) is 0 Å². The number of aromatic nitrogens is 2. The van der Waals surface area contributed by atoms with Crippen LogP contribution in [0.15, 0.2) is 66.0 Å². The van der Waals surface area contributed by atoms with Gasteiger partial charge in [0.25, 0.3) is 0 Å². The van der Waals surface area contributed by atoms with Crippen molar-refractivity contribution in [3.05, 3.63) is 105 Å². The van der Waals surface area contributed by atoms with Crippen molar-refractivity contribution < 1.29 is 23.4 Å². The third-order valence-electron chi connectivity index (χ3n) is 6.06. The third-order valence-corrected chi connectivity index (χ3v) is 7.67. The Morgan fingerprint density at radius 2 is 1.78 bits per heavy atom. The van der Waals surface area contributed by atoms with E-state index < -0.39 is 17.2 Å². The predicted octanol–water partition coefficient (Wildman–Crippen LogP) is 7.78. The summed E-state index contributed by atoms with van der Waals surface area (Å²) in [4.78, 5) is 15.8. The summed E-state index contributed by atoms with van der Waals surface area (Å²) in [6.07, 6.45) is 1.72. The van der Waals surface area contributed by atoms with Gasteiger partial charge >= 0.3 is 5.97 Å². The summed E-state index contributed by atoms with van der Waals surface area (Å²) in [5.74, 6) is -1.72. The number of methoxy groups -OCH3 is 1. The maximum atomic E-state index is 14.7. The highest BCUT2D eigenvalue weighted by atomic mass is 35.5. The second kappa shape index (κ2) is 10.7. The minimum Gasteiger partial charge on any atom is -0.495 e. The van der Waals surface area contributed by atoms with Crippen LogP contribution < -0.4 is 4.74 Å². The number of thioether (sulfide) groups is 1. The van der Waals surface area contributed by atoms with Gasteiger partial charge in [0.05, 0.1) is 29.6 Å². The normalized spacial score (nSPS) is 11.5. The van der Waals surface area contributed by atoms with Gasteiger partial charge in [0.2, 0.25) is 0 Å². The van der Waals surface area contributed by atoms with E-state index in [2.05, 4.69) is 4.98 Å². The molecule has 1 heterocycles. The molecule has 0 aliphatic rings. The average Bonchev–Trinajstić information content (AvgIpc) is 3.28. The lowest BCUT2D eigenvalue weighted by Gasteiger charge is -2.28. The number of halogens is 4. The first kappa shape index (κ1) is 27.0. The van der Waals surface area contributed by atoms with Gasteiger partial charge < -0.3 is 9.84 Å². The van der Waals surface area contributed by atoms with Crippen molar-refractivity contribution in [1.82, 2.24) is 9.55 Å². The van der Waals surface area contributed by atoms with Crippen molar-refractivity contribution in [2.75, 3.05) is 7.11 Å². The molecule has 0 fully saturated rings. The zero-order valence-electron chi connectivity index (χ0n) is 20.1. The van der Waals surface area contributed by atoms with Crippen molar-refractivity contribution in [2.24, 2.45) is 0 Å². The van der Waals surface area contributed by atoms with E-state index in [-0.39, 0.29) is 27.7 Å². The summed E-state index contributed by atoms with van der Waals surface area (Å²) < 4.78 is 35.6. The standard InChI is InChI=1S/C27H22Cl2F2N2O3S/c1-27(2,16-4-9-23(36-3)21(29)12-16)24-13-32-26(33(24)18-7-5-17(30)6-8-18)37-14-19-20(28)10-15(25(34)35)11-22(19)31/h4-13H,14H2,1-3H3,(H,34,35). The van der Waals surface area contributed by atoms with E-state index in [0.717, 1.165) is 17.3 Å². The number of aromatic carboxylic acids is 1.